The van der Waals surface area contributed by atoms with Crippen molar-refractivity contribution in [3.63, 3.8) is 0 Å². The van der Waals surface area contributed by atoms with Gasteiger partial charge in [-0.15, -0.1) is 0 Å². The second-order valence-electron chi connectivity index (χ2n) is 8.16. The highest BCUT2D eigenvalue weighted by atomic mass is 16.7. The SMILES string of the molecule is CCCCCCCCc1ccc(C2(O)CCC(OC(=O)OCCC)CC2)cc1. The molecule has 0 amide bonds. The van der Waals surface area contributed by atoms with E-state index in [1.165, 1.54) is 44.1 Å². The molecule has 1 N–H and O–H groups in total. The van der Waals surface area contributed by atoms with Crippen LogP contribution in [0.3, 0.4) is 0 Å². The summed E-state index contributed by atoms with van der Waals surface area (Å²) in [5.41, 5.74) is 1.51. The quantitative estimate of drug-likeness (QED) is 0.357. The van der Waals surface area contributed by atoms with E-state index >= 15 is 0 Å². The summed E-state index contributed by atoms with van der Waals surface area (Å²) in [5, 5.41) is 11.1. The Morgan fingerprint density at radius 1 is 1.00 bits per heavy atom. The van der Waals surface area contributed by atoms with E-state index in [0.29, 0.717) is 32.3 Å². The van der Waals surface area contributed by atoms with Crippen LogP contribution in [0.5, 0.6) is 0 Å². The highest BCUT2D eigenvalue weighted by molar-refractivity contribution is 5.60. The van der Waals surface area contributed by atoms with Crippen LogP contribution in [-0.4, -0.2) is 24.0 Å². The number of unbranched alkanes of at least 4 members (excludes halogenated alkanes) is 5. The van der Waals surface area contributed by atoms with Gasteiger partial charge in [-0.25, -0.2) is 4.79 Å². The van der Waals surface area contributed by atoms with Crippen LogP contribution in [0.1, 0.15) is 95.6 Å². The Bertz CT molecular complexity index is 558. The summed E-state index contributed by atoms with van der Waals surface area (Å²) in [6.07, 6.45) is 11.6. The number of hydrogen-bond donors (Lipinski definition) is 1. The minimum atomic E-state index is -0.814. The van der Waals surface area contributed by atoms with Gasteiger partial charge in [-0.05, 0) is 56.1 Å². The number of ether oxygens (including phenoxy) is 2. The van der Waals surface area contributed by atoms with Gasteiger partial charge >= 0.3 is 6.16 Å². The summed E-state index contributed by atoms with van der Waals surface area (Å²) in [5.74, 6) is 0. The molecule has 0 aromatic heterocycles. The number of aliphatic hydroxyl groups is 1. The van der Waals surface area contributed by atoms with Gasteiger partial charge in [-0.2, -0.15) is 0 Å². The van der Waals surface area contributed by atoms with Crippen LogP contribution in [0.2, 0.25) is 0 Å². The standard InChI is InChI=1S/C24H38O4/c1-3-5-6-7-8-9-10-20-11-13-21(14-12-20)24(26)17-15-22(16-18-24)28-23(25)27-19-4-2/h11-14,22,26H,3-10,15-19H2,1-2H3. The molecule has 1 aromatic rings. The molecule has 0 atom stereocenters. The lowest BCUT2D eigenvalue weighted by Crippen LogP contribution is -2.35. The van der Waals surface area contributed by atoms with Crippen LogP contribution >= 0.6 is 0 Å². The second kappa shape index (κ2) is 12.1. The van der Waals surface area contributed by atoms with E-state index in [4.69, 9.17) is 9.47 Å². The van der Waals surface area contributed by atoms with E-state index in [-0.39, 0.29) is 6.10 Å². The van der Waals surface area contributed by atoms with Crippen molar-refractivity contribution in [1.82, 2.24) is 0 Å². The molecule has 4 heteroatoms. The fourth-order valence-electron chi connectivity index (χ4n) is 3.92. The van der Waals surface area contributed by atoms with Crippen LogP contribution in [-0.2, 0) is 21.5 Å². The molecule has 1 aromatic carbocycles. The largest absolute Gasteiger partial charge is 0.508 e. The number of carbonyl (C=O) groups excluding carboxylic acids is 1. The predicted molar refractivity (Wildman–Crippen MR) is 112 cm³/mol. The van der Waals surface area contributed by atoms with Crippen molar-refractivity contribution in [2.24, 2.45) is 0 Å². The van der Waals surface area contributed by atoms with E-state index in [1.807, 2.05) is 6.92 Å². The van der Waals surface area contributed by atoms with E-state index in [9.17, 15) is 9.90 Å². The number of rotatable bonds is 11. The minimum absolute atomic E-state index is 0.156. The van der Waals surface area contributed by atoms with Gasteiger partial charge in [0.05, 0.1) is 12.2 Å². The molecule has 28 heavy (non-hydrogen) atoms. The highest BCUT2D eigenvalue weighted by Gasteiger charge is 2.36. The Morgan fingerprint density at radius 2 is 1.64 bits per heavy atom. The smallest absolute Gasteiger partial charge is 0.434 e. The summed E-state index contributed by atoms with van der Waals surface area (Å²) in [4.78, 5) is 11.6. The predicted octanol–water partition coefficient (Wildman–Crippen LogP) is 6.28. The first kappa shape index (κ1) is 22.7. The second-order valence-corrected chi connectivity index (χ2v) is 8.16. The maximum absolute atomic E-state index is 11.6. The maximum atomic E-state index is 11.6. The first-order valence-corrected chi connectivity index (χ1v) is 11.2. The van der Waals surface area contributed by atoms with Gasteiger partial charge in [-0.3, -0.25) is 0 Å². The van der Waals surface area contributed by atoms with Gasteiger partial charge < -0.3 is 14.6 Å². The Labute approximate surface area is 170 Å². The molecule has 0 spiro atoms. The normalized spacial score (nSPS) is 22.0. The van der Waals surface area contributed by atoms with Crippen LogP contribution in [0.15, 0.2) is 24.3 Å². The molecular weight excluding hydrogens is 352 g/mol. The molecule has 2 rings (SSSR count). The van der Waals surface area contributed by atoms with E-state index in [1.54, 1.807) is 0 Å². The average molecular weight is 391 g/mol. The molecule has 1 fully saturated rings. The fraction of sp³-hybridized carbons (Fsp3) is 0.708. The van der Waals surface area contributed by atoms with Crippen LogP contribution in [0, 0.1) is 0 Å². The minimum Gasteiger partial charge on any atom is -0.434 e. The lowest BCUT2D eigenvalue weighted by Gasteiger charge is -2.36. The van der Waals surface area contributed by atoms with E-state index in [0.717, 1.165) is 18.4 Å². The molecule has 1 aliphatic carbocycles. The van der Waals surface area contributed by atoms with Gasteiger partial charge in [-0.1, -0.05) is 70.2 Å². The number of carbonyl (C=O) groups is 1. The Hall–Kier alpha value is -1.55. The van der Waals surface area contributed by atoms with Gasteiger partial charge in [0.15, 0.2) is 0 Å². The molecule has 4 nitrogen and oxygen atoms in total. The zero-order chi connectivity index (χ0) is 20.2. The lowest BCUT2D eigenvalue weighted by molar-refractivity contribution is -0.0536. The van der Waals surface area contributed by atoms with Crippen molar-refractivity contribution in [3.8, 4) is 0 Å². The first-order chi connectivity index (χ1) is 13.6. The molecule has 0 radical (unpaired) electrons. The summed E-state index contributed by atoms with van der Waals surface area (Å²) >= 11 is 0. The van der Waals surface area contributed by atoms with E-state index in [2.05, 4.69) is 31.2 Å². The Balaban J connectivity index is 1.75. The summed E-state index contributed by atoms with van der Waals surface area (Å²) in [7, 11) is 0. The number of aryl methyl sites for hydroxylation is 1. The molecular formula is C24H38O4. The topological polar surface area (TPSA) is 55.8 Å². The Kier molecular flexibility index (Phi) is 9.83. The molecule has 1 aliphatic rings. The molecule has 0 bridgehead atoms. The van der Waals surface area contributed by atoms with Crippen LogP contribution < -0.4 is 0 Å². The van der Waals surface area contributed by atoms with Crippen molar-refractivity contribution in [3.05, 3.63) is 35.4 Å². The number of benzene rings is 1. The monoisotopic (exact) mass is 390 g/mol. The molecule has 0 aliphatic heterocycles. The van der Waals surface area contributed by atoms with Gasteiger partial charge in [0.2, 0.25) is 0 Å². The van der Waals surface area contributed by atoms with Crippen molar-refractivity contribution in [2.45, 2.75) is 103 Å². The molecule has 0 heterocycles. The third kappa shape index (κ3) is 7.46. The van der Waals surface area contributed by atoms with Crippen molar-refractivity contribution in [2.75, 3.05) is 6.61 Å². The summed E-state index contributed by atoms with van der Waals surface area (Å²) < 4.78 is 10.3. The fourth-order valence-corrected chi connectivity index (χ4v) is 3.92. The Morgan fingerprint density at radius 3 is 2.29 bits per heavy atom. The summed E-state index contributed by atoms with van der Waals surface area (Å²) in [6.45, 7) is 4.59. The average Bonchev–Trinajstić information content (AvgIpc) is 2.71. The zero-order valence-corrected chi connectivity index (χ0v) is 17.8. The van der Waals surface area contributed by atoms with Crippen LogP contribution in [0.4, 0.5) is 4.79 Å². The first-order valence-electron chi connectivity index (χ1n) is 11.2. The van der Waals surface area contributed by atoms with Gasteiger partial charge in [0.1, 0.15) is 6.10 Å². The highest BCUT2D eigenvalue weighted by Crippen LogP contribution is 2.38. The maximum Gasteiger partial charge on any atom is 0.508 e. The van der Waals surface area contributed by atoms with E-state index < -0.39 is 11.8 Å². The van der Waals surface area contributed by atoms with Crippen molar-refractivity contribution in [1.29, 1.82) is 0 Å². The molecule has 0 unspecified atom stereocenters. The van der Waals surface area contributed by atoms with Crippen molar-refractivity contribution < 1.29 is 19.4 Å². The van der Waals surface area contributed by atoms with Gasteiger partial charge in [0, 0.05) is 0 Å². The van der Waals surface area contributed by atoms with Crippen molar-refractivity contribution >= 4 is 6.16 Å². The number of hydrogen-bond acceptors (Lipinski definition) is 4. The lowest BCUT2D eigenvalue weighted by atomic mass is 9.78. The van der Waals surface area contributed by atoms with Crippen LogP contribution in [0.25, 0.3) is 0 Å². The third-order valence-corrected chi connectivity index (χ3v) is 5.76. The molecule has 1 saturated carbocycles. The molecule has 0 saturated heterocycles. The summed E-state index contributed by atoms with van der Waals surface area (Å²) in [6, 6.07) is 8.46. The molecule has 158 valence electrons. The third-order valence-electron chi connectivity index (χ3n) is 5.76. The zero-order valence-electron chi connectivity index (χ0n) is 17.8. The van der Waals surface area contributed by atoms with Gasteiger partial charge in [0.25, 0.3) is 0 Å².